The summed E-state index contributed by atoms with van der Waals surface area (Å²) in [5.41, 5.74) is 2.06. The van der Waals surface area contributed by atoms with E-state index in [1.807, 2.05) is 19.9 Å². The van der Waals surface area contributed by atoms with Gasteiger partial charge in [-0.2, -0.15) is 5.10 Å². The predicted molar refractivity (Wildman–Crippen MR) is 133 cm³/mol. The first-order chi connectivity index (χ1) is 16.8. The number of urea groups is 1. The third kappa shape index (κ3) is 5.47. The first-order valence-electron chi connectivity index (χ1n) is 11.3. The van der Waals surface area contributed by atoms with Crippen molar-refractivity contribution >= 4 is 34.9 Å². The van der Waals surface area contributed by atoms with Crippen molar-refractivity contribution in [1.82, 2.24) is 14.7 Å². The number of nitrogens with one attached hydrogen (secondary N) is 2. The predicted octanol–water partition coefficient (Wildman–Crippen LogP) is 5.05. The molecule has 184 valence electrons. The lowest BCUT2D eigenvalue weighted by molar-refractivity contribution is -0.119. The van der Waals surface area contributed by atoms with Crippen LogP contribution in [0, 0.1) is 5.82 Å². The molecule has 0 unspecified atom stereocenters. The Hall–Kier alpha value is -3.43. The number of carbonyl (C=O) groups excluding carboxylic acids is 2. The van der Waals surface area contributed by atoms with E-state index in [1.54, 1.807) is 41.2 Å². The van der Waals surface area contributed by atoms with E-state index in [0.717, 1.165) is 5.69 Å². The lowest BCUT2D eigenvalue weighted by Gasteiger charge is -2.24. The maximum absolute atomic E-state index is 15.0. The number of hydrogen-bond donors (Lipinski definition) is 2. The summed E-state index contributed by atoms with van der Waals surface area (Å²) in [6, 6.07) is 11.8. The number of hydrogen-bond acceptors (Lipinski definition) is 4. The standard InChI is InChI=1S/C25H27ClFN5O3/c1-15(2)22-10-11-28-32(22)18-8-9-21(20(27)12-18)30-24(33)23-13-19(35-3)14-31(23)25(34)29-17-6-4-16(26)5-7-17/h4-12,15,19,23H,13-14H2,1-3H3,(H,29,34)(H,30,33)/t19-,23-/m1/s1. The molecular weight excluding hydrogens is 473 g/mol. The maximum atomic E-state index is 15.0. The second-order valence-corrected chi connectivity index (χ2v) is 9.11. The van der Waals surface area contributed by atoms with Crippen LogP contribution in [0.5, 0.6) is 0 Å². The minimum absolute atomic E-state index is 0.0240. The SMILES string of the molecule is CO[C@@H]1C[C@H](C(=O)Nc2ccc(-n3nccc3C(C)C)cc2F)N(C(=O)Nc2ccc(Cl)cc2)C1. The summed E-state index contributed by atoms with van der Waals surface area (Å²) in [6.45, 7) is 4.29. The first kappa shape index (κ1) is 24.7. The van der Waals surface area contributed by atoms with Crippen LogP contribution in [0.1, 0.15) is 31.9 Å². The Balaban J connectivity index is 1.49. The molecule has 10 heteroatoms. The van der Waals surface area contributed by atoms with E-state index in [9.17, 15) is 14.0 Å². The van der Waals surface area contributed by atoms with Crippen molar-refractivity contribution in [2.45, 2.75) is 38.3 Å². The summed E-state index contributed by atoms with van der Waals surface area (Å²) in [6.07, 6.45) is 1.64. The van der Waals surface area contributed by atoms with Crippen LogP contribution in [0.2, 0.25) is 5.02 Å². The van der Waals surface area contributed by atoms with Gasteiger partial charge in [-0.3, -0.25) is 4.79 Å². The average Bonchev–Trinajstić information content (AvgIpc) is 3.49. The maximum Gasteiger partial charge on any atom is 0.322 e. The van der Waals surface area contributed by atoms with Crippen molar-refractivity contribution in [3.63, 3.8) is 0 Å². The monoisotopic (exact) mass is 499 g/mol. The van der Waals surface area contributed by atoms with Crippen LogP contribution in [-0.2, 0) is 9.53 Å². The smallest absolute Gasteiger partial charge is 0.322 e. The Kier molecular flexibility index (Phi) is 7.37. The summed E-state index contributed by atoms with van der Waals surface area (Å²) in [5.74, 6) is -0.884. The highest BCUT2D eigenvalue weighted by Crippen LogP contribution is 2.26. The average molecular weight is 500 g/mol. The molecule has 0 aliphatic carbocycles. The summed E-state index contributed by atoms with van der Waals surface area (Å²) < 4.78 is 22.0. The second kappa shape index (κ2) is 10.5. The van der Waals surface area contributed by atoms with Crippen LogP contribution in [0.4, 0.5) is 20.6 Å². The van der Waals surface area contributed by atoms with Gasteiger partial charge in [0.15, 0.2) is 0 Å². The molecule has 3 aromatic rings. The molecule has 3 amide bonds. The molecule has 35 heavy (non-hydrogen) atoms. The highest BCUT2D eigenvalue weighted by atomic mass is 35.5. The molecule has 0 radical (unpaired) electrons. The molecule has 2 atom stereocenters. The van der Waals surface area contributed by atoms with E-state index in [0.29, 0.717) is 22.8 Å². The van der Waals surface area contributed by atoms with Crippen LogP contribution in [0.3, 0.4) is 0 Å². The Morgan fingerprint density at radius 2 is 1.89 bits per heavy atom. The molecule has 1 aromatic heterocycles. The van der Waals surface area contributed by atoms with Crippen LogP contribution < -0.4 is 10.6 Å². The number of halogens is 2. The number of rotatable bonds is 6. The number of likely N-dealkylation sites (tertiary alicyclic amines) is 1. The molecule has 4 rings (SSSR count). The van der Waals surface area contributed by atoms with Crippen LogP contribution in [0.15, 0.2) is 54.7 Å². The number of ether oxygens (including phenoxy) is 1. The third-order valence-electron chi connectivity index (χ3n) is 5.97. The van der Waals surface area contributed by atoms with Gasteiger partial charge in [-0.05, 0) is 48.4 Å². The number of methoxy groups -OCH3 is 1. The summed E-state index contributed by atoms with van der Waals surface area (Å²) in [7, 11) is 1.53. The molecule has 0 spiro atoms. The number of aromatic nitrogens is 2. The number of nitrogens with zero attached hydrogens (tertiary/aromatic N) is 3. The highest BCUT2D eigenvalue weighted by Gasteiger charge is 2.40. The molecule has 2 aromatic carbocycles. The lowest BCUT2D eigenvalue weighted by atomic mass is 10.1. The fourth-order valence-electron chi connectivity index (χ4n) is 4.09. The number of anilines is 2. The Bertz CT molecular complexity index is 1210. The van der Waals surface area contributed by atoms with Gasteiger partial charge in [0.1, 0.15) is 11.9 Å². The van der Waals surface area contributed by atoms with Crippen molar-refractivity contribution in [2.75, 3.05) is 24.3 Å². The lowest BCUT2D eigenvalue weighted by Crippen LogP contribution is -2.45. The zero-order chi connectivity index (χ0) is 25.1. The van der Waals surface area contributed by atoms with Crippen molar-refractivity contribution in [3.8, 4) is 5.69 Å². The van der Waals surface area contributed by atoms with E-state index >= 15 is 0 Å². The number of amides is 3. The third-order valence-corrected chi connectivity index (χ3v) is 6.23. The molecule has 0 saturated carbocycles. The van der Waals surface area contributed by atoms with Gasteiger partial charge in [-0.25, -0.2) is 13.9 Å². The van der Waals surface area contributed by atoms with Crippen molar-refractivity contribution in [1.29, 1.82) is 0 Å². The highest BCUT2D eigenvalue weighted by molar-refractivity contribution is 6.30. The van der Waals surface area contributed by atoms with Crippen molar-refractivity contribution in [3.05, 3.63) is 71.3 Å². The van der Waals surface area contributed by atoms with E-state index in [2.05, 4.69) is 15.7 Å². The molecule has 2 heterocycles. The molecule has 1 saturated heterocycles. The minimum Gasteiger partial charge on any atom is -0.380 e. The number of carbonyl (C=O) groups is 2. The second-order valence-electron chi connectivity index (χ2n) is 8.67. The molecule has 8 nitrogen and oxygen atoms in total. The van der Waals surface area contributed by atoms with Crippen LogP contribution >= 0.6 is 11.6 Å². The van der Waals surface area contributed by atoms with Gasteiger partial charge in [0.2, 0.25) is 5.91 Å². The molecule has 0 bridgehead atoms. The summed E-state index contributed by atoms with van der Waals surface area (Å²) in [5, 5.41) is 10.2. The van der Waals surface area contributed by atoms with Gasteiger partial charge in [0.05, 0.1) is 17.5 Å². The Morgan fingerprint density at radius 3 is 2.54 bits per heavy atom. The molecular formula is C25H27ClFN5O3. The molecule has 2 N–H and O–H groups in total. The molecule has 1 aliphatic heterocycles. The zero-order valence-electron chi connectivity index (χ0n) is 19.7. The van der Waals surface area contributed by atoms with Gasteiger partial charge in [-0.1, -0.05) is 25.4 Å². The largest absolute Gasteiger partial charge is 0.380 e. The Labute approximate surface area is 208 Å². The normalized spacial score (nSPS) is 17.6. The van der Waals surface area contributed by atoms with E-state index < -0.39 is 23.8 Å². The topological polar surface area (TPSA) is 88.5 Å². The molecule has 1 fully saturated rings. The van der Waals surface area contributed by atoms with Gasteiger partial charge < -0.3 is 20.3 Å². The Morgan fingerprint density at radius 1 is 1.14 bits per heavy atom. The van der Waals surface area contributed by atoms with Gasteiger partial charge in [0, 0.05) is 48.7 Å². The summed E-state index contributed by atoms with van der Waals surface area (Å²) >= 11 is 5.90. The van der Waals surface area contributed by atoms with Crippen molar-refractivity contribution < 1.29 is 18.7 Å². The zero-order valence-corrected chi connectivity index (χ0v) is 20.4. The number of benzene rings is 2. The van der Waals surface area contributed by atoms with Gasteiger partial charge in [-0.15, -0.1) is 0 Å². The van der Waals surface area contributed by atoms with E-state index in [4.69, 9.17) is 16.3 Å². The fourth-order valence-corrected chi connectivity index (χ4v) is 4.22. The van der Waals surface area contributed by atoms with E-state index in [1.165, 1.54) is 24.1 Å². The van der Waals surface area contributed by atoms with Gasteiger partial charge >= 0.3 is 6.03 Å². The fraction of sp³-hybridized carbons (Fsp3) is 0.320. The van der Waals surface area contributed by atoms with E-state index in [-0.39, 0.29) is 24.3 Å². The quantitative estimate of drug-likeness (QED) is 0.497. The summed E-state index contributed by atoms with van der Waals surface area (Å²) in [4.78, 5) is 27.4. The van der Waals surface area contributed by atoms with Crippen LogP contribution in [0.25, 0.3) is 5.69 Å². The minimum atomic E-state index is -0.829. The van der Waals surface area contributed by atoms with Crippen LogP contribution in [-0.4, -0.2) is 52.4 Å². The van der Waals surface area contributed by atoms with Crippen molar-refractivity contribution in [2.24, 2.45) is 0 Å². The molecule has 1 aliphatic rings. The first-order valence-corrected chi connectivity index (χ1v) is 11.6. The van der Waals surface area contributed by atoms with Gasteiger partial charge in [0.25, 0.3) is 0 Å².